The molecule has 5 atom stereocenters. The highest BCUT2D eigenvalue weighted by atomic mass is 16.5. The summed E-state index contributed by atoms with van der Waals surface area (Å²) in [5.74, 6) is -1.74. The fraction of sp³-hybridized carbons (Fsp3) is 0.864. The summed E-state index contributed by atoms with van der Waals surface area (Å²) >= 11 is 0. The van der Waals surface area contributed by atoms with Crippen LogP contribution in [0.15, 0.2) is 0 Å². The maximum absolute atomic E-state index is 13.6. The Morgan fingerprint density at radius 2 is 1.93 bits per heavy atom. The second kappa shape index (κ2) is 9.22. The van der Waals surface area contributed by atoms with E-state index in [4.69, 9.17) is 9.84 Å². The lowest BCUT2D eigenvalue weighted by molar-refractivity contribution is -0.147. The van der Waals surface area contributed by atoms with Gasteiger partial charge in [0.15, 0.2) is 0 Å². The van der Waals surface area contributed by atoms with Crippen LogP contribution in [0.2, 0.25) is 0 Å². The molecule has 2 unspecified atom stereocenters. The van der Waals surface area contributed by atoms with Crippen LogP contribution in [0.5, 0.6) is 0 Å². The minimum atomic E-state index is -0.946. The van der Waals surface area contributed by atoms with Crippen LogP contribution in [0.3, 0.4) is 0 Å². The first-order valence-electron chi connectivity index (χ1n) is 11.5. The Labute approximate surface area is 179 Å². The zero-order chi connectivity index (χ0) is 21.9. The van der Waals surface area contributed by atoms with Gasteiger partial charge in [-0.05, 0) is 38.5 Å². The Hall–Kier alpha value is -1.67. The molecule has 0 aromatic carbocycles. The predicted octanol–water partition coefficient (Wildman–Crippen LogP) is 0.966. The number of hydrogen-bond acceptors (Lipinski definition) is 5. The average molecular weight is 424 g/mol. The largest absolute Gasteiger partial charge is 0.396 e. The molecule has 1 spiro atoms. The van der Waals surface area contributed by atoms with Crippen LogP contribution in [0.1, 0.15) is 65.2 Å². The first kappa shape index (κ1) is 23.0. The van der Waals surface area contributed by atoms with Gasteiger partial charge in [0, 0.05) is 26.7 Å². The van der Waals surface area contributed by atoms with Gasteiger partial charge in [0.05, 0.1) is 17.4 Å². The van der Waals surface area contributed by atoms with Crippen molar-refractivity contribution in [1.29, 1.82) is 0 Å². The molecule has 0 aliphatic carbocycles. The summed E-state index contributed by atoms with van der Waals surface area (Å²) in [7, 11) is 1.58. The van der Waals surface area contributed by atoms with Gasteiger partial charge in [-0.1, -0.05) is 26.7 Å². The quantitative estimate of drug-likeness (QED) is 0.429. The van der Waals surface area contributed by atoms with Crippen molar-refractivity contribution in [2.24, 2.45) is 11.8 Å². The Morgan fingerprint density at radius 1 is 1.17 bits per heavy atom. The van der Waals surface area contributed by atoms with Crippen molar-refractivity contribution in [3.8, 4) is 0 Å². The van der Waals surface area contributed by atoms with E-state index in [2.05, 4.69) is 17.6 Å². The summed E-state index contributed by atoms with van der Waals surface area (Å²) in [6.07, 6.45) is 6.07. The van der Waals surface area contributed by atoms with E-state index in [-0.39, 0.29) is 24.3 Å². The minimum Gasteiger partial charge on any atom is -0.396 e. The van der Waals surface area contributed by atoms with Gasteiger partial charge in [-0.2, -0.15) is 0 Å². The molecule has 3 saturated heterocycles. The monoisotopic (exact) mass is 423 g/mol. The Kier molecular flexibility index (Phi) is 7.07. The van der Waals surface area contributed by atoms with Gasteiger partial charge in [-0.15, -0.1) is 0 Å². The van der Waals surface area contributed by atoms with Crippen LogP contribution in [-0.2, 0) is 19.1 Å². The van der Waals surface area contributed by atoms with Gasteiger partial charge >= 0.3 is 0 Å². The molecule has 3 heterocycles. The van der Waals surface area contributed by atoms with Crippen molar-refractivity contribution in [3.05, 3.63) is 0 Å². The van der Waals surface area contributed by atoms with Gasteiger partial charge in [-0.25, -0.2) is 0 Å². The Morgan fingerprint density at radius 3 is 2.57 bits per heavy atom. The lowest BCUT2D eigenvalue weighted by atomic mass is 9.65. The van der Waals surface area contributed by atoms with E-state index in [0.29, 0.717) is 45.2 Å². The fourth-order valence-electron chi connectivity index (χ4n) is 5.89. The third kappa shape index (κ3) is 3.51. The topological polar surface area (TPSA) is 108 Å². The van der Waals surface area contributed by atoms with E-state index in [1.165, 1.54) is 0 Å². The number of fused-ring (bicyclic) bond motifs is 1. The highest BCUT2D eigenvalue weighted by Gasteiger charge is 2.78. The second-order valence-corrected chi connectivity index (χ2v) is 8.91. The fourth-order valence-corrected chi connectivity index (χ4v) is 5.89. The van der Waals surface area contributed by atoms with Crippen LogP contribution < -0.4 is 10.6 Å². The highest BCUT2D eigenvalue weighted by Crippen LogP contribution is 2.64. The van der Waals surface area contributed by atoms with Crippen molar-refractivity contribution < 1.29 is 24.2 Å². The number of amides is 3. The standard InChI is InChI=1S/C22H37N3O5/c1-4-6-7-12-24-19(28)17-22-11-10-21(5-2,30-22)15(18(27)23-3)16(22)20(29)25(17)13-8-9-14-26/h15-17,26H,4-14H2,1-3H3,(H,23,27)(H,24,28)/t15-,16-,17?,21+,22?/m0/s1. The van der Waals surface area contributed by atoms with Gasteiger partial charge in [-0.3, -0.25) is 14.4 Å². The van der Waals surface area contributed by atoms with Crippen molar-refractivity contribution in [3.63, 3.8) is 0 Å². The number of nitrogens with zero attached hydrogens (tertiary/aromatic N) is 1. The number of nitrogens with one attached hydrogen (secondary N) is 2. The summed E-state index contributed by atoms with van der Waals surface area (Å²) in [5.41, 5.74) is -1.63. The molecule has 30 heavy (non-hydrogen) atoms. The summed E-state index contributed by atoms with van der Waals surface area (Å²) in [6, 6.07) is -0.724. The predicted molar refractivity (Wildman–Crippen MR) is 111 cm³/mol. The normalized spacial score (nSPS) is 34.3. The van der Waals surface area contributed by atoms with Crippen LogP contribution in [-0.4, -0.2) is 71.7 Å². The molecule has 0 aromatic rings. The van der Waals surface area contributed by atoms with Crippen LogP contribution >= 0.6 is 0 Å². The number of ether oxygens (including phenoxy) is 1. The summed E-state index contributed by atoms with van der Waals surface area (Å²) < 4.78 is 6.59. The van der Waals surface area contributed by atoms with Crippen molar-refractivity contribution in [2.45, 2.75) is 82.5 Å². The van der Waals surface area contributed by atoms with Crippen LogP contribution in [0.4, 0.5) is 0 Å². The van der Waals surface area contributed by atoms with Crippen molar-refractivity contribution in [2.75, 3.05) is 26.7 Å². The molecule has 0 saturated carbocycles. The van der Waals surface area contributed by atoms with Crippen LogP contribution in [0, 0.1) is 11.8 Å². The summed E-state index contributed by atoms with van der Waals surface area (Å²) in [4.78, 5) is 41.4. The maximum Gasteiger partial charge on any atom is 0.245 e. The van der Waals surface area contributed by atoms with Gasteiger partial charge < -0.3 is 25.4 Å². The third-order valence-corrected chi connectivity index (χ3v) is 7.34. The van der Waals surface area contributed by atoms with E-state index in [9.17, 15) is 14.4 Å². The lowest BCUT2D eigenvalue weighted by Crippen LogP contribution is -2.55. The number of rotatable bonds is 11. The number of carbonyl (C=O) groups excluding carboxylic acids is 3. The molecular weight excluding hydrogens is 386 g/mol. The van der Waals surface area contributed by atoms with E-state index in [1.54, 1.807) is 11.9 Å². The van der Waals surface area contributed by atoms with Crippen LogP contribution in [0.25, 0.3) is 0 Å². The molecule has 3 aliphatic rings. The Bertz CT molecular complexity index is 671. The zero-order valence-electron chi connectivity index (χ0n) is 18.5. The number of aliphatic hydroxyl groups excluding tert-OH is 1. The van der Waals surface area contributed by atoms with E-state index in [0.717, 1.165) is 19.3 Å². The number of carbonyl (C=O) groups is 3. The van der Waals surface area contributed by atoms with Gasteiger partial charge in [0.25, 0.3) is 0 Å². The zero-order valence-corrected chi connectivity index (χ0v) is 18.5. The van der Waals surface area contributed by atoms with Crippen molar-refractivity contribution in [1.82, 2.24) is 15.5 Å². The molecule has 3 fully saturated rings. The lowest BCUT2D eigenvalue weighted by Gasteiger charge is -2.33. The Balaban J connectivity index is 1.92. The van der Waals surface area contributed by atoms with Crippen molar-refractivity contribution >= 4 is 17.7 Å². The maximum atomic E-state index is 13.6. The van der Waals surface area contributed by atoms with E-state index >= 15 is 0 Å². The molecule has 3 amide bonds. The molecule has 0 radical (unpaired) electrons. The molecule has 3 N–H and O–H groups in total. The average Bonchev–Trinajstić information content (AvgIpc) is 3.35. The molecule has 0 aromatic heterocycles. The molecular formula is C22H37N3O5. The molecule has 170 valence electrons. The minimum absolute atomic E-state index is 0.0425. The number of hydrogen-bond donors (Lipinski definition) is 3. The second-order valence-electron chi connectivity index (χ2n) is 8.91. The first-order valence-corrected chi connectivity index (χ1v) is 11.5. The molecule has 8 nitrogen and oxygen atoms in total. The summed E-state index contributed by atoms with van der Waals surface area (Å²) in [6.45, 7) is 5.09. The number of aliphatic hydroxyl groups is 1. The molecule has 3 aliphatic heterocycles. The molecule has 8 heteroatoms. The van der Waals surface area contributed by atoms with E-state index < -0.39 is 29.1 Å². The first-order chi connectivity index (χ1) is 14.4. The highest BCUT2D eigenvalue weighted by molar-refractivity contribution is 5.99. The molecule has 2 bridgehead atoms. The number of likely N-dealkylation sites (tertiary alicyclic amines) is 1. The van der Waals surface area contributed by atoms with Gasteiger partial charge in [0.2, 0.25) is 17.7 Å². The smallest absolute Gasteiger partial charge is 0.245 e. The summed E-state index contributed by atoms with van der Waals surface area (Å²) in [5, 5.41) is 14.9. The SMILES string of the molecule is CCCCCNC(=O)C1N(CCCCO)C(=O)[C@@H]2[C@@H](C(=O)NC)[C@@]3(CC)CCC12O3. The third-order valence-electron chi connectivity index (χ3n) is 7.34. The van der Waals surface area contributed by atoms with Gasteiger partial charge in [0.1, 0.15) is 11.6 Å². The van der Waals surface area contributed by atoms with E-state index in [1.807, 2.05) is 6.92 Å². The molecule has 3 rings (SSSR count). The number of unbranched alkanes of at least 4 members (excludes halogenated alkanes) is 3.